The van der Waals surface area contributed by atoms with Crippen LogP contribution < -0.4 is 11.1 Å². The summed E-state index contributed by atoms with van der Waals surface area (Å²) in [6.07, 6.45) is 1.65. The molecule has 0 fully saturated rings. The maximum Gasteiger partial charge on any atom is 0.312 e. The average Bonchev–Trinajstić information content (AvgIpc) is 3.16. The van der Waals surface area contributed by atoms with E-state index in [-0.39, 0.29) is 17.8 Å². The molecule has 0 spiro atoms. The second kappa shape index (κ2) is 6.79. The number of nitrogens with one attached hydrogen (secondary N) is 1. The Bertz CT molecular complexity index is 932. The van der Waals surface area contributed by atoms with Gasteiger partial charge in [-0.1, -0.05) is 11.3 Å². The van der Waals surface area contributed by atoms with Gasteiger partial charge in [0.05, 0.1) is 29.5 Å². The standard InChI is InChI=1S/C16H16F2N6OS/c1-16(2,21-15(19)25)12-6-24(23-22-12)7-13-20-11(8-26-13)14-9(17)4-3-5-10(14)18/h3-6,8H,7H2,1-2H3,(H3,19,21,25). The molecule has 2 aromatic heterocycles. The summed E-state index contributed by atoms with van der Waals surface area (Å²) in [5.41, 5.74) is 4.97. The summed E-state index contributed by atoms with van der Waals surface area (Å²) in [7, 11) is 0. The fourth-order valence-electron chi connectivity index (χ4n) is 2.41. The summed E-state index contributed by atoms with van der Waals surface area (Å²) in [5, 5.41) is 12.8. The molecule has 3 N–H and O–H groups in total. The minimum absolute atomic E-state index is 0.152. The first kappa shape index (κ1) is 17.9. The van der Waals surface area contributed by atoms with Crippen molar-refractivity contribution in [1.29, 1.82) is 0 Å². The number of aromatic nitrogens is 4. The van der Waals surface area contributed by atoms with Gasteiger partial charge in [0, 0.05) is 5.38 Å². The van der Waals surface area contributed by atoms with E-state index in [9.17, 15) is 13.6 Å². The van der Waals surface area contributed by atoms with Crippen molar-refractivity contribution in [3.63, 3.8) is 0 Å². The summed E-state index contributed by atoms with van der Waals surface area (Å²) in [4.78, 5) is 15.3. The molecule has 7 nitrogen and oxygen atoms in total. The molecular weight excluding hydrogens is 362 g/mol. The number of carbonyl (C=O) groups excluding carboxylic acids is 1. The third-order valence-electron chi connectivity index (χ3n) is 3.68. The Morgan fingerprint density at radius 1 is 1.35 bits per heavy atom. The number of carbonyl (C=O) groups is 1. The molecule has 0 aliphatic rings. The number of primary amides is 1. The summed E-state index contributed by atoms with van der Waals surface area (Å²) in [6, 6.07) is 3.02. The molecule has 3 aromatic rings. The van der Waals surface area contributed by atoms with Crippen LogP contribution in [0.2, 0.25) is 0 Å². The SMILES string of the molecule is CC(C)(NC(N)=O)c1cn(Cc2nc(-c3c(F)cccc3F)cs2)nn1. The molecule has 3 rings (SSSR count). The summed E-state index contributed by atoms with van der Waals surface area (Å²) in [6.45, 7) is 3.77. The largest absolute Gasteiger partial charge is 0.352 e. The van der Waals surface area contributed by atoms with Crippen molar-refractivity contribution in [2.24, 2.45) is 5.73 Å². The van der Waals surface area contributed by atoms with Gasteiger partial charge in [0.25, 0.3) is 0 Å². The van der Waals surface area contributed by atoms with Crippen LogP contribution in [-0.2, 0) is 12.1 Å². The number of urea groups is 1. The van der Waals surface area contributed by atoms with Gasteiger partial charge in [-0.3, -0.25) is 0 Å². The predicted octanol–water partition coefficient (Wildman–Crippen LogP) is 2.63. The van der Waals surface area contributed by atoms with Crippen LogP contribution in [-0.4, -0.2) is 26.0 Å². The van der Waals surface area contributed by atoms with Crippen molar-refractivity contribution in [1.82, 2.24) is 25.3 Å². The molecule has 0 saturated carbocycles. The Balaban J connectivity index is 1.79. The lowest BCUT2D eigenvalue weighted by atomic mass is 10.0. The third kappa shape index (κ3) is 3.69. The molecule has 0 radical (unpaired) electrons. The van der Waals surface area contributed by atoms with E-state index in [1.165, 1.54) is 34.2 Å². The Hall–Kier alpha value is -2.88. The van der Waals surface area contributed by atoms with E-state index in [0.29, 0.717) is 10.7 Å². The minimum atomic E-state index is -0.783. The van der Waals surface area contributed by atoms with Gasteiger partial charge >= 0.3 is 6.03 Å². The second-order valence-electron chi connectivity index (χ2n) is 6.14. The van der Waals surface area contributed by atoms with E-state index in [1.807, 2.05) is 0 Å². The van der Waals surface area contributed by atoms with Crippen molar-refractivity contribution in [3.8, 4) is 11.3 Å². The maximum atomic E-state index is 13.9. The lowest BCUT2D eigenvalue weighted by Crippen LogP contribution is -2.44. The number of nitrogens with two attached hydrogens (primary N) is 1. The number of halogens is 2. The van der Waals surface area contributed by atoms with Crippen LogP contribution in [0.3, 0.4) is 0 Å². The lowest BCUT2D eigenvalue weighted by molar-refractivity contribution is 0.238. The molecule has 1 aromatic carbocycles. The number of amides is 2. The molecular formula is C16H16F2N6OS. The number of nitrogens with zero attached hydrogens (tertiary/aromatic N) is 4. The van der Waals surface area contributed by atoms with Gasteiger partial charge in [0.15, 0.2) is 0 Å². The molecule has 26 heavy (non-hydrogen) atoms. The molecule has 0 unspecified atom stereocenters. The number of rotatable bonds is 5. The van der Waals surface area contributed by atoms with Crippen LogP contribution in [0, 0.1) is 11.6 Å². The molecule has 0 aliphatic heterocycles. The van der Waals surface area contributed by atoms with Crippen LogP contribution >= 0.6 is 11.3 Å². The fraction of sp³-hybridized carbons (Fsp3) is 0.250. The van der Waals surface area contributed by atoms with Gasteiger partial charge in [-0.05, 0) is 26.0 Å². The van der Waals surface area contributed by atoms with Crippen LogP contribution in [0.5, 0.6) is 0 Å². The van der Waals surface area contributed by atoms with E-state index in [2.05, 4.69) is 20.6 Å². The number of hydrogen-bond donors (Lipinski definition) is 2. The van der Waals surface area contributed by atoms with Crippen molar-refractivity contribution in [2.75, 3.05) is 0 Å². The number of benzene rings is 1. The molecule has 136 valence electrons. The van der Waals surface area contributed by atoms with Gasteiger partial charge in [-0.15, -0.1) is 16.4 Å². The first-order valence-electron chi connectivity index (χ1n) is 7.63. The Labute approximate surface area is 151 Å². The van der Waals surface area contributed by atoms with E-state index < -0.39 is 23.2 Å². The third-order valence-corrected chi connectivity index (χ3v) is 4.52. The minimum Gasteiger partial charge on any atom is -0.352 e. The van der Waals surface area contributed by atoms with Crippen LogP contribution in [0.1, 0.15) is 24.5 Å². The summed E-state index contributed by atoms with van der Waals surface area (Å²) >= 11 is 1.26. The van der Waals surface area contributed by atoms with Crippen LogP contribution in [0.25, 0.3) is 11.3 Å². The zero-order valence-electron chi connectivity index (χ0n) is 14.0. The molecule has 0 atom stereocenters. The highest BCUT2D eigenvalue weighted by Crippen LogP contribution is 2.27. The van der Waals surface area contributed by atoms with E-state index in [0.717, 1.165) is 0 Å². The van der Waals surface area contributed by atoms with Crippen molar-refractivity contribution >= 4 is 17.4 Å². The van der Waals surface area contributed by atoms with E-state index >= 15 is 0 Å². The second-order valence-corrected chi connectivity index (χ2v) is 7.08. The first-order valence-corrected chi connectivity index (χ1v) is 8.51. The lowest BCUT2D eigenvalue weighted by Gasteiger charge is -2.21. The van der Waals surface area contributed by atoms with Crippen LogP contribution in [0.4, 0.5) is 13.6 Å². The Kier molecular flexibility index (Phi) is 4.68. The van der Waals surface area contributed by atoms with Crippen molar-refractivity contribution in [3.05, 3.63) is 52.1 Å². The highest BCUT2D eigenvalue weighted by molar-refractivity contribution is 7.09. The van der Waals surface area contributed by atoms with Gasteiger partial charge in [0.1, 0.15) is 22.3 Å². The Morgan fingerprint density at radius 3 is 2.69 bits per heavy atom. The van der Waals surface area contributed by atoms with Gasteiger partial charge in [-0.2, -0.15) is 0 Å². The van der Waals surface area contributed by atoms with E-state index in [1.54, 1.807) is 25.4 Å². The summed E-state index contributed by atoms with van der Waals surface area (Å²) < 4.78 is 29.3. The Morgan fingerprint density at radius 2 is 2.04 bits per heavy atom. The number of thiazole rings is 1. The quantitative estimate of drug-likeness (QED) is 0.713. The highest BCUT2D eigenvalue weighted by Gasteiger charge is 2.25. The molecule has 0 saturated heterocycles. The monoisotopic (exact) mass is 378 g/mol. The average molecular weight is 378 g/mol. The zero-order chi connectivity index (χ0) is 18.9. The van der Waals surface area contributed by atoms with Gasteiger partial charge in [0.2, 0.25) is 0 Å². The maximum absolute atomic E-state index is 13.9. The van der Waals surface area contributed by atoms with Gasteiger partial charge in [-0.25, -0.2) is 23.2 Å². The normalized spacial score (nSPS) is 11.5. The van der Waals surface area contributed by atoms with Crippen LogP contribution in [0.15, 0.2) is 29.8 Å². The topological polar surface area (TPSA) is 98.7 Å². The van der Waals surface area contributed by atoms with Crippen molar-refractivity contribution < 1.29 is 13.6 Å². The fourth-order valence-corrected chi connectivity index (χ4v) is 3.19. The number of hydrogen-bond acceptors (Lipinski definition) is 5. The first-order chi connectivity index (χ1) is 12.3. The molecule has 2 heterocycles. The highest BCUT2D eigenvalue weighted by atomic mass is 32.1. The molecule has 0 aliphatic carbocycles. The zero-order valence-corrected chi connectivity index (χ0v) is 14.8. The molecule has 2 amide bonds. The smallest absolute Gasteiger partial charge is 0.312 e. The summed E-state index contributed by atoms with van der Waals surface area (Å²) in [5.74, 6) is -1.33. The van der Waals surface area contributed by atoms with Gasteiger partial charge < -0.3 is 11.1 Å². The molecule has 10 heteroatoms. The van der Waals surface area contributed by atoms with Crippen molar-refractivity contribution in [2.45, 2.75) is 25.9 Å². The predicted molar refractivity (Wildman–Crippen MR) is 92.3 cm³/mol. The van der Waals surface area contributed by atoms with E-state index in [4.69, 9.17) is 5.73 Å². The molecule has 0 bridgehead atoms.